The maximum absolute atomic E-state index is 12.9. The average molecular weight is 351 g/mol. The van der Waals surface area contributed by atoms with E-state index < -0.39 is 5.54 Å². The summed E-state index contributed by atoms with van der Waals surface area (Å²) in [5.74, 6) is 0.485. The third kappa shape index (κ3) is 3.18. The molecule has 0 aromatic heterocycles. The highest BCUT2D eigenvalue weighted by atomic mass is 35.5. The van der Waals surface area contributed by atoms with Crippen LogP contribution >= 0.6 is 11.6 Å². The minimum Gasteiger partial charge on any atom is -0.341 e. The normalized spacial score (nSPS) is 29.4. The molecule has 6 heteroatoms. The number of carbonyl (C=O) groups is 1. The largest absolute Gasteiger partial charge is 0.341 e. The summed E-state index contributed by atoms with van der Waals surface area (Å²) < 4.78 is 0. The number of nitrogens with two attached hydrogens (primary N) is 1. The van der Waals surface area contributed by atoms with Crippen LogP contribution in [0.5, 0.6) is 0 Å². The van der Waals surface area contributed by atoms with E-state index in [9.17, 15) is 4.79 Å². The van der Waals surface area contributed by atoms with E-state index >= 15 is 0 Å². The SMILES string of the molecule is CC(C)C(C)(N)C(=O)N1CCC2NNC(c3ccc(Cl)cc3)C2C1. The molecule has 4 atom stereocenters. The van der Waals surface area contributed by atoms with Crippen molar-refractivity contribution in [3.63, 3.8) is 0 Å². The molecule has 0 saturated carbocycles. The molecule has 0 radical (unpaired) electrons. The fourth-order valence-corrected chi connectivity index (χ4v) is 3.70. The minimum absolute atomic E-state index is 0.0534. The van der Waals surface area contributed by atoms with Crippen molar-refractivity contribution in [3.05, 3.63) is 34.9 Å². The number of nitrogens with zero attached hydrogens (tertiary/aromatic N) is 1. The topological polar surface area (TPSA) is 70.4 Å². The molecule has 1 aromatic rings. The second-order valence-corrected chi connectivity index (χ2v) is 8.00. The molecule has 1 aromatic carbocycles. The van der Waals surface area contributed by atoms with Crippen LogP contribution in [-0.4, -0.2) is 35.5 Å². The number of hydrogen-bond donors (Lipinski definition) is 3. The number of amides is 1. The van der Waals surface area contributed by atoms with E-state index in [-0.39, 0.29) is 17.9 Å². The molecule has 0 bridgehead atoms. The molecule has 24 heavy (non-hydrogen) atoms. The number of likely N-dealkylation sites (tertiary alicyclic amines) is 1. The molecule has 0 spiro atoms. The van der Waals surface area contributed by atoms with Gasteiger partial charge in [0.15, 0.2) is 0 Å². The fourth-order valence-electron chi connectivity index (χ4n) is 3.58. The van der Waals surface area contributed by atoms with Crippen molar-refractivity contribution >= 4 is 17.5 Å². The number of rotatable bonds is 3. The molecule has 132 valence electrons. The van der Waals surface area contributed by atoms with Crippen LogP contribution in [0.1, 0.15) is 38.8 Å². The van der Waals surface area contributed by atoms with E-state index in [1.54, 1.807) is 0 Å². The maximum atomic E-state index is 12.9. The Balaban J connectivity index is 1.76. The van der Waals surface area contributed by atoms with Gasteiger partial charge in [-0.15, -0.1) is 0 Å². The highest BCUT2D eigenvalue weighted by Gasteiger charge is 2.44. The first-order valence-corrected chi connectivity index (χ1v) is 9.03. The van der Waals surface area contributed by atoms with Gasteiger partial charge in [-0.1, -0.05) is 37.6 Å². The van der Waals surface area contributed by atoms with Crippen molar-refractivity contribution in [3.8, 4) is 0 Å². The molecule has 2 fully saturated rings. The number of benzene rings is 1. The molecular formula is C18H27ClN4O. The van der Waals surface area contributed by atoms with Crippen LogP contribution in [0.2, 0.25) is 5.02 Å². The number of carbonyl (C=O) groups excluding carboxylic acids is 1. The molecule has 2 saturated heterocycles. The fraction of sp³-hybridized carbons (Fsp3) is 0.611. The van der Waals surface area contributed by atoms with Gasteiger partial charge in [0.25, 0.3) is 0 Å². The summed E-state index contributed by atoms with van der Waals surface area (Å²) in [4.78, 5) is 14.8. The zero-order valence-electron chi connectivity index (χ0n) is 14.6. The third-order valence-electron chi connectivity index (χ3n) is 5.69. The second kappa shape index (κ2) is 6.64. The monoisotopic (exact) mass is 350 g/mol. The highest BCUT2D eigenvalue weighted by molar-refractivity contribution is 6.30. The molecular weight excluding hydrogens is 324 g/mol. The van der Waals surface area contributed by atoms with Gasteiger partial charge in [-0.25, -0.2) is 5.43 Å². The lowest BCUT2D eigenvalue weighted by Gasteiger charge is -2.41. The number of fused-ring (bicyclic) bond motifs is 1. The predicted molar refractivity (Wildman–Crippen MR) is 96.4 cm³/mol. The summed E-state index contributed by atoms with van der Waals surface area (Å²) in [6.07, 6.45) is 0.932. The summed E-state index contributed by atoms with van der Waals surface area (Å²) in [6.45, 7) is 7.31. The van der Waals surface area contributed by atoms with Gasteiger partial charge in [0.05, 0.1) is 11.6 Å². The van der Waals surface area contributed by atoms with Gasteiger partial charge >= 0.3 is 0 Å². The van der Waals surface area contributed by atoms with E-state index in [2.05, 4.69) is 10.9 Å². The summed E-state index contributed by atoms with van der Waals surface area (Å²) in [7, 11) is 0. The minimum atomic E-state index is -0.817. The number of halogens is 1. The van der Waals surface area contributed by atoms with E-state index in [1.165, 1.54) is 5.56 Å². The summed E-state index contributed by atoms with van der Waals surface area (Å²) in [5.41, 5.74) is 13.5. The molecule has 1 amide bonds. The molecule has 4 unspecified atom stereocenters. The Hall–Kier alpha value is -1.14. The summed E-state index contributed by atoms with van der Waals surface area (Å²) in [5, 5.41) is 0.734. The first-order valence-electron chi connectivity index (χ1n) is 8.65. The number of nitrogens with one attached hydrogen (secondary N) is 2. The standard InChI is InChI=1S/C18H27ClN4O/c1-11(2)18(3,20)17(24)23-9-8-15-14(10-23)16(22-21-15)12-4-6-13(19)7-5-12/h4-7,11,14-16,21-22H,8-10,20H2,1-3H3. The van der Waals surface area contributed by atoms with E-state index in [1.807, 2.05) is 49.9 Å². The first-order chi connectivity index (χ1) is 11.3. The number of hydrogen-bond acceptors (Lipinski definition) is 4. The molecule has 5 nitrogen and oxygen atoms in total. The lowest BCUT2D eigenvalue weighted by molar-refractivity contribution is -0.140. The Kier molecular flexibility index (Phi) is 4.89. The number of hydrazine groups is 1. The number of piperidine rings is 1. The summed E-state index contributed by atoms with van der Waals surface area (Å²) in [6, 6.07) is 8.46. The highest BCUT2D eigenvalue weighted by Crippen LogP contribution is 2.35. The second-order valence-electron chi connectivity index (χ2n) is 7.57. The third-order valence-corrected chi connectivity index (χ3v) is 5.94. The van der Waals surface area contributed by atoms with Gasteiger partial charge in [0.2, 0.25) is 5.91 Å². The Bertz CT molecular complexity index is 602. The average Bonchev–Trinajstić information content (AvgIpc) is 2.97. The first kappa shape index (κ1) is 17.7. The van der Waals surface area contributed by atoms with Crippen molar-refractivity contribution in [2.24, 2.45) is 17.6 Å². The molecule has 4 N–H and O–H groups in total. The van der Waals surface area contributed by atoms with Gasteiger partial charge < -0.3 is 10.6 Å². The molecule has 2 aliphatic heterocycles. The van der Waals surface area contributed by atoms with Crippen molar-refractivity contribution in [1.29, 1.82) is 0 Å². The van der Waals surface area contributed by atoms with Gasteiger partial charge in [-0.3, -0.25) is 10.2 Å². The summed E-state index contributed by atoms with van der Waals surface area (Å²) >= 11 is 6.00. The van der Waals surface area contributed by atoms with E-state index in [4.69, 9.17) is 17.3 Å². The van der Waals surface area contributed by atoms with Gasteiger partial charge in [-0.2, -0.15) is 0 Å². The zero-order valence-corrected chi connectivity index (χ0v) is 15.3. The Morgan fingerprint density at radius 2 is 2.00 bits per heavy atom. The zero-order chi connectivity index (χ0) is 17.5. The van der Waals surface area contributed by atoms with Crippen LogP contribution in [-0.2, 0) is 4.79 Å². The smallest absolute Gasteiger partial charge is 0.242 e. The van der Waals surface area contributed by atoms with Crippen molar-refractivity contribution in [2.45, 2.75) is 44.8 Å². The van der Waals surface area contributed by atoms with Crippen molar-refractivity contribution < 1.29 is 4.79 Å². The predicted octanol–water partition coefficient (Wildman–Crippen LogP) is 2.08. The van der Waals surface area contributed by atoms with E-state index in [0.717, 1.165) is 24.5 Å². The van der Waals surface area contributed by atoms with Crippen molar-refractivity contribution in [1.82, 2.24) is 15.8 Å². The van der Waals surface area contributed by atoms with Crippen LogP contribution < -0.4 is 16.6 Å². The molecule has 2 aliphatic rings. The molecule has 0 aliphatic carbocycles. The molecule has 3 rings (SSSR count). The van der Waals surface area contributed by atoms with Gasteiger partial charge in [0, 0.05) is 30.1 Å². The Morgan fingerprint density at radius 1 is 1.33 bits per heavy atom. The Labute approximate surface area is 148 Å². The molecule has 2 heterocycles. The van der Waals surface area contributed by atoms with Crippen LogP contribution in [0, 0.1) is 11.8 Å². The van der Waals surface area contributed by atoms with Gasteiger partial charge in [-0.05, 0) is 37.0 Å². The van der Waals surface area contributed by atoms with Crippen LogP contribution in [0.4, 0.5) is 0 Å². The lowest BCUT2D eigenvalue weighted by atomic mass is 9.83. The van der Waals surface area contributed by atoms with Crippen LogP contribution in [0.3, 0.4) is 0 Å². The van der Waals surface area contributed by atoms with Crippen LogP contribution in [0.15, 0.2) is 24.3 Å². The van der Waals surface area contributed by atoms with Gasteiger partial charge in [0.1, 0.15) is 0 Å². The van der Waals surface area contributed by atoms with E-state index in [0.29, 0.717) is 12.0 Å². The van der Waals surface area contributed by atoms with Crippen LogP contribution in [0.25, 0.3) is 0 Å². The lowest BCUT2D eigenvalue weighted by Crippen LogP contribution is -2.59. The Morgan fingerprint density at radius 3 is 2.62 bits per heavy atom. The maximum Gasteiger partial charge on any atom is 0.242 e. The van der Waals surface area contributed by atoms with Crippen molar-refractivity contribution in [2.75, 3.05) is 13.1 Å². The quantitative estimate of drug-likeness (QED) is 0.780.